The molecule has 1 amide bonds. The molecular formula is C25H20N2O5S2. The third-order valence-electron chi connectivity index (χ3n) is 5.54. The lowest BCUT2D eigenvalue weighted by atomic mass is 9.95. The van der Waals surface area contributed by atoms with Crippen LogP contribution in [0.1, 0.15) is 33.8 Å². The van der Waals surface area contributed by atoms with E-state index in [2.05, 4.69) is 4.98 Å². The van der Waals surface area contributed by atoms with Crippen LogP contribution in [-0.4, -0.2) is 33.5 Å². The van der Waals surface area contributed by atoms with Gasteiger partial charge in [0.05, 0.1) is 33.3 Å². The van der Waals surface area contributed by atoms with E-state index in [4.69, 9.17) is 4.74 Å². The molecule has 0 aliphatic carbocycles. The molecule has 0 fully saturated rings. The second-order valence-corrected chi connectivity index (χ2v) is 9.73. The summed E-state index contributed by atoms with van der Waals surface area (Å²) in [7, 11) is 0. The van der Waals surface area contributed by atoms with Crippen LogP contribution in [0.5, 0.6) is 11.5 Å². The number of hydrogen-bond acceptors (Lipinski definition) is 8. The van der Waals surface area contributed by atoms with Crippen molar-refractivity contribution in [1.82, 2.24) is 4.98 Å². The number of fused-ring (bicyclic) bond motifs is 1. The molecule has 2 aromatic heterocycles. The number of hydrogen-bond donors (Lipinski definition) is 2. The minimum absolute atomic E-state index is 0.0315. The molecule has 0 spiro atoms. The van der Waals surface area contributed by atoms with Crippen LogP contribution in [0.4, 0.5) is 5.13 Å². The van der Waals surface area contributed by atoms with E-state index in [-0.39, 0.29) is 17.1 Å². The van der Waals surface area contributed by atoms with Gasteiger partial charge in [-0.15, -0.1) is 11.3 Å². The molecule has 7 nitrogen and oxygen atoms in total. The number of carbonyl (C=O) groups is 2. The number of aryl methyl sites for hydroxylation is 1. The number of benzene rings is 2. The van der Waals surface area contributed by atoms with E-state index in [1.807, 2.05) is 25.1 Å². The number of carbonyl (C=O) groups excluding carboxylic acids is 2. The van der Waals surface area contributed by atoms with Crippen LogP contribution >= 0.6 is 22.7 Å². The Morgan fingerprint density at radius 1 is 1.18 bits per heavy atom. The highest BCUT2D eigenvalue weighted by molar-refractivity contribution is 7.22. The van der Waals surface area contributed by atoms with Crippen LogP contribution in [0, 0.1) is 6.92 Å². The number of phenols is 1. The first-order valence-electron chi connectivity index (χ1n) is 10.6. The topological polar surface area (TPSA) is 100.0 Å². The number of aromatic hydroxyl groups is 1. The second kappa shape index (κ2) is 8.58. The van der Waals surface area contributed by atoms with Gasteiger partial charge < -0.3 is 14.9 Å². The van der Waals surface area contributed by atoms with Gasteiger partial charge in [-0.05, 0) is 60.7 Å². The molecule has 1 aliphatic heterocycles. The van der Waals surface area contributed by atoms with E-state index >= 15 is 0 Å². The molecule has 9 heteroatoms. The molecule has 0 radical (unpaired) electrons. The van der Waals surface area contributed by atoms with Crippen molar-refractivity contribution in [3.8, 4) is 11.5 Å². The summed E-state index contributed by atoms with van der Waals surface area (Å²) in [5.41, 5.74) is 2.25. The van der Waals surface area contributed by atoms with E-state index in [1.165, 1.54) is 33.6 Å². The predicted molar refractivity (Wildman–Crippen MR) is 132 cm³/mol. The van der Waals surface area contributed by atoms with Gasteiger partial charge in [-0.2, -0.15) is 0 Å². The number of thiophene rings is 1. The highest BCUT2D eigenvalue weighted by atomic mass is 32.1. The lowest BCUT2D eigenvalue weighted by molar-refractivity contribution is -0.117. The summed E-state index contributed by atoms with van der Waals surface area (Å²) in [4.78, 5) is 33.2. The lowest BCUT2D eigenvalue weighted by Crippen LogP contribution is -2.30. The Hall–Kier alpha value is -3.69. The Kier molecular flexibility index (Phi) is 5.59. The largest absolute Gasteiger partial charge is 0.504 e. The van der Waals surface area contributed by atoms with Gasteiger partial charge in [0.25, 0.3) is 5.91 Å². The molecule has 5 rings (SSSR count). The van der Waals surface area contributed by atoms with Gasteiger partial charge in [0.15, 0.2) is 22.4 Å². The van der Waals surface area contributed by atoms with Crippen LogP contribution in [-0.2, 0) is 4.79 Å². The summed E-state index contributed by atoms with van der Waals surface area (Å²) in [6, 6.07) is 12.9. The van der Waals surface area contributed by atoms with Crippen LogP contribution in [0.3, 0.4) is 0 Å². The number of nitrogens with zero attached hydrogens (tertiary/aromatic N) is 2. The van der Waals surface area contributed by atoms with Crippen molar-refractivity contribution in [2.24, 2.45) is 0 Å². The van der Waals surface area contributed by atoms with Crippen molar-refractivity contribution in [3.05, 3.63) is 81.2 Å². The molecule has 1 aliphatic rings. The van der Waals surface area contributed by atoms with Crippen molar-refractivity contribution in [1.29, 1.82) is 0 Å². The number of amides is 1. The van der Waals surface area contributed by atoms with E-state index < -0.39 is 23.5 Å². The summed E-state index contributed by atoms with van der Waals surface area (Å²) >= 11 is 2.54. The molecule has 34 heavy (non-hydrogen) atoms. The van der Waals surface area contributed by atoms with Gasteiger partial charge in [-0.25, -0.2) is 4.98 Å². The molecule has 4 aromatic rings. The SMILES string of the molecule is CCOc1cc(C2C(C(=O)c3cccs3)=C(O)C(=O)N2c2nc3ccc(C)cc3s2)ccc1O. The molecule has 2 aromatic carbocycles. The molecule has 0 saturated heterocycles. The van der Waals surface area contributed by atoms with Crippen molar-refractivity contribution < 1.29 is 24.5 Å². The maximum Gasteiger partial charge on any atom is 0.296 e. The minimum atomic E-state index is -0.941. The zero-order valence-electron chi connectivity index (χ0n) is 18.3. The summed E-state index contributed by atoms with van der Waals surface area (Å²) in [5.74, 6) is -1.58. The van der Waals surface area contributed by atoms with Crippen LogP contribution in [0.25, 0.3) is 10.2 Å². The van der Waals surface area contributed by atoms with Gasteiger partial charge in [-0.3, -0.25) is 14.5 Å². The zero-order chi connectivity index (χ0) is 24.0. The van der Waals surface area contributed by atoms with E-state index in [0.29, 0.717) is 22.2 Å². The van der Waals surface area contributed by atoms with Gasteiger partial charge in [-0.1, -0.05) is 29.5 Å². The Morgan fingerprint density at radius 3 is 2.74 bits per heavy atom. The van der Waals surface area contributed by atoms with Crippen molar-refractivity contribution in [3.63, 3.8) is 0 Å². The number of ketones is 1. The monoisotopic (exact) mass is 492 g/mol. The Bertz CT molecular complexity index is 1460. The Balaban J connectivity index is 1.69. The number of aromatic nitrogens is 1. The highest BCUT2D eigenvalue weighted by Gasteiger charge is 2.46. The van der Waals surface area contributed by atoms with E-state index in [9.17, 15) is 19.8 Å². The number of phenolic OH excluding ortho intramolecular Hbond substituents is 1. The number of thiazole rings is 1. The predicted octanol–water partition coefficient (Wildman–Crippen LogP) is 5.55. The molecular weight excluding hydrogens is 472 g/mol. The summed E-state index contributed by atoms with van der Waals surface area (Å²) < 4.78 is 6.42. The summed E-state index contributed by atoms with van der Waals surface area (Å²) in [5, 5.41) is 23.2. The van der Waals surface area contributed by atoms with Crippen molar-refractivity contribution >= 4 is 49.7 Å². The second-order valence-electron chi connectivity index (χ2n) is 7.77. The van der Waals surface area contributed by atoms with Gasteiger partial charge in [0.2, 0.25) is 5.78 Å². The van der Waals surface area contributed by atoms with Gasteiger partial charge in [0, 0.05) is 0 Å². The Labute approximate surface area is 203 Å². The first-order valence-corrected chi connectivity index (χ1v) is 12.3. The molecule has 1 atom stereocenters. The molecule has 2 N–H and O–H groups in total. The summed E-state index contributed by atoms with van der Waals surface area (Å²) in [6.07, 6.45) is 0. The number of anilines is 1. The van der Waals surface area contributed by atoms with Crippen molar-refractivity contribution in [2.75, 3.05) is 11.5 Å². The lowest BCUT2D eigenvalue weighted by Gasteiger charge is -2.25. The van der Waals surface area contributed by atoms with E-state index in [0.717, 1.165) is 15.8 Å². The zero-order valence-corrected chi connectivity index (χ0v) is 19.9. The fourth-order valence-electron chi connectivity index (χ4n) is 3.99. The van der Waals surface area contributed by atoms with Crippen LogP contribution in [0.15, 0.2) is 65.2 Å². The van der Waals surface area contributed by atoms with Crippen LogP contribution in [0.2, 0.25) is 0 Å². The molecule has 1 unspecified atom stereocenters. The number of Topliss-reactive ketones (excluding diaryl/α,β-unsaturated/α-hetero) is 1. The number of aliphatic hydroxyl groups excluding tert-OH is 1. The molecule has 3 heterocycles. The fourth-order valence-corrected chi connectivity index (χ4v) is 5.75. The van der Waals surface area contributed by atoms with Gasteiger partial charge in [0.1, 0.15) is 0 Å². The van der Waals surface area contributed by atoms with Gasteiger partial charge >= 0.3 is 0 Å². The summed E-state index contributed by atoms with van der Waals surface area (Å²) in [6.45, 7) is 4.08. The number of ether oxygens (including phenoxy) is 1. The third-order valence-corrected chi connectivity index (χ3v) is 7.42. The molecule has 0 bridgehead atoms. The average molecular weight is 493 g/mol. The third kappa shape index (κ3) is 3.63. The maximum atomic E-state index is 13.4. The first-order chi connectivity index (χ1) is 16.4. The van der Waals surface area contributed by atoms with Crippen molar-refractivity contribution in [2.45, 2.75) is 19.9 Å². The number of rotatable bonds is 6. The standard InChI is InChI=1S/C25H20N2O5S2/c1-3-32-17-12-14(7-9-16(17)28)21-20(22(29)18-5-4-10-33-18)23(30)24(31)27(21)25-26-15-8-6-13(2)11-19(15)34-25/h4-12,21,28,30H,3H2,1-2H3. The average Bonchev–Trinajstić information content (AvgIpc) is 3.54. The van der Waals surface area contributed by atoms with E-state index in [1.54, 1.807) is 36.6 Å². The smallest absolute Gasteiger partial charge is 0.296 e. The molecule has 0 saturated carbocycles. The highest BCUT2D eigenvalue weighted by Crippen LogP contribution is 2.45. The Morgan fingerprint density at radius 2 is 2.00 bits per heavy atom. The quantitative estimate of drug-likeness (QED) is 0.342. The fraction of sp³-hybridized carbons (Fsp3) is 0.160. The normalized spacial score (nSPS) is 16.0. The first kappa shape index (κ1) is 22.1. The molecule has 172 valence electrons. The maximum absolute atomic E-state index is 13.4. The van der Waals surface area contributed by atoms with Crippen LogP contribution < -0.4 is 9.64 Å². The number of aliphatic hydroxyl groups is 1. The minimum Gasteiger partial charge on any atom is -0.504 e.